The molecule has 0 bridgehead atoms. The van der Waals surface area contributed by atoms with Crippen molar-refractivity contribution in [3.05, 3.63) is 0 Å². The summed E-state index contributed by atoms with van der Waals surface area (Å²) in [5.41, 5.74) is 0. The summed E-state index contributed by atoms with van der Waals surface area (Å²) in [5.74, 6) is 0.799. The zero-order valence-electron chi connectivity index (χ0n) is 3.82. The van der Waals surface area contributed by atoms with Crippen LogP contribution >= 0.6 is 23.4 Å². The Labute approximate surface area is 52.4 Å². The molecule has 1 radical (unpaired) electrons. The molecule has 0 fully saturated rings. The summed E-state index contributed by atoms with van der Waals surface area (Å²) >= 11 is 6.81. The Hall–Kier alpha value is 0.310. The van der Waals surface area contributed by atoms with E-state index in [-0.39, 0.29) is 0 Å². The number of alkyl halides is 1. The predicted molar refractivity (Wildman–Crippen MR) is 33.5 cm³/mol. The second-order valence-electron chi connectivity index (χ2n) is 0.912. The molecular weight excluding hydrogens is 132 g/mol. The Morgan fingerprint density at radius 1 is 1.71 bits per heavy atom. The minimum atomic E-state index is 0.497. The van der Waals surface area contributed by atoms with Crippen molar-refractivity contribution >= 4 is 29.6 Å². The molecule has 0 unspecified atom stereocenters. The lowest BCUT2D eigenvalue weighted by Crippen LogP contribution is -1.77. The molecule has 41 valence electrons. The van der Waals surface area contributed by atoms with Crippen molar-refractivity contribution < 1.29 is 4.79 Å². The smallest absolute Gasteiger partial charge is 0.199 e. The highest BCUT2D eigenvalue weighted by Gasteiger charge is 1.82. The lowest BCUT2D eigenvalue weighted by molar-refractivity contribution is 0.554. The van der Waals surface area contributed by atoms with Crippen molar-refractivity contribution in [3.63, 3.8) is 0 Å². The largest absolute Gasteiger partial charge is 0.291 e. The summed E-state index contributed by atoms with van der Waals surface area (Å²) in [6, 6.07) is 0. The van der Waals surface area contributed by atoms with Gasteiger partial charge in [0, 0.05) is 12.2 Å². The fourth-order valence-electron chi connectivity index (χ4n) is 0.168. The third kappa shape index (κ3) is 6.31. The van der Waals surface area contributed by atoms with Gasteiger partial charge in [-0.2, -0.15) is 0 Å². The maximum absolute atomic E-state index is 9.50. The van der Waals surface area contributed by atoms with Crippen LogP contribution in [0.2, 0.25) is 0 Å². The van der Waals surface area contributed by atoms with E-state index in [1.807, 2.05) is 0 Å². The third-order valence-corrected chi connectivity index (χ3v) is 1.54. The van der Waals surface area contributed by atoms with Crippen molar-refractivity contribution in [3.8, 4) is 0 Å². The van der Waals surface area contributed by atoms with E-state index in [1.54, 1.807) is 6.29 Å². The first-order valence-corrected chi connectivity index (χ1v) is 3.59. The van der Waals surface area contributed by atoms with Gasteiger partial charge in [0.15, 0.2) is 6.29 Å². The van der Waals surface area contributed by atoms with E-state index in [1.165, 1.54) is 11.8 Å². The molecule has 0 aliphatic heterocycles. The molecule has 0 rings (SSSR count). The van der Waals surface area contributed by atoms with Gasteiger partial charge in [0.1, 0.15) is 0 Å². The van der Waals surface area contributed by atoms with E-state index < -0.39 is 0 Å². The first-order chi connectivity index (χ1) is 3.41. The van der Waals surface area contributed by atoms with E-state index >= 15 is 0 Å². The van der Waals surface area contributed by atoms with Crippen LogP contribution in [-0.2, 0) is 4.79 Å². The Morgan fingerprint density at radius 3 is 2.86 bits per heavy atom. The van der Waals surface area contributed by atoms with Crippen molar-refractivity contribution in [2.24, 2.45) is 0 Å². The van der Waals surface area contributed by atoms with Crippen molar-refractivity contribution in [2.45, 2.75) is 6.42 Å². The predicted octanol–water partition coefficient (Wildman–Crippen LogP) is 1.42. The lowest BCUT2D eigenvalue weighted by atomic mass is 10.6. The normalized spacial score (nSPS) is 8.71. The van der Waals surface area contributed by atoms with Crippen LogP contribution in [0.5, 0.6) is 0 Å². The minimum Gasteiger partial charge on any atom is -0.291 e. The average molecular weight is 138 g/mol. The van der Waals surface area contributed by atoms with E-state index in [0.29, 0.717) is 11.6 Å². The number of halogens is 1. The van der Waals surface area contributed by atoms with Gasteiger partial charge in [-0.25, -0.2) is 0 Å². The van der Waals surface area contributed by atoms with Crippen molar-refractivity contribution in [2.75, 3.05) is 11.0 Å². The molecule has 0 aliphatic rings. The SMILES string of the molecule is O=[C]CCSCCl. The summed E-state index contributed by atoms with van der Waals surface area (Å²) in [4.78, 5) is 9.50. The zero-order valence-corrected chi connectivity index (χ0v) is 5.39. The van der Waals surface area contributed by atoms with E-state index in [4.69, 9.17) is 11.6 Å². The number of hydrogen-bond donors (Lipinski definition) is 0. The first kappa shape index (κ1) is 7.31. The maximum Gasteiger partial charge on any atom is 0.199 e. The molecule has 0 atom stereocenters. The van der Waals surface area contributed by atoms with Gasteiger partial charge in [0.2, 0.25) is 0 Å². The molecule has 0 aromatic carbocycles. The Balaban J connectivity index is 2.56. The van der Waals surface area contributed by atoms with Gasteiger partial charge in [-0.3, -0.25) is 4.79 Å². The molecule has 3 heteroatoms. The molecule has 0 aliphatic carbocycles. The highest BCUT2D eigenvalue weighted by molar-refractivity contribution is 8.00. The Bertz CT molecular complexity index is 49.0. The third-order valence-electron chi connectivity index (χ3n) is 0.426. The summed E-state index contributed by atoms with van der Waals surface area (Å²) in [6.07, 6.45) is 2.27. The lowest BCUT2D eigenvalue weighted by Gasteiger charge is -1.84. The van der Waals surface area contributed by atoms with Crippen LogP contribution in [0.15, 0.2) is 0 Å². The van der Waals surface area contributed by atoms with Crippen LogP contribution in [-0.4, -0.2) is 17.3 Å². The Kier molecular flexibility index (Phi) is 6.59. The second kappa shape index (κ2) is 6.31. The molecular formula is C4H6ClOS. The Morgan fingerprint density at radius 2 is 2.43 bits per heavy atom. The van der Waals surface area contributed by atoms with Crippen LogP contribution in [0.25, 0.3) is 0 Å². The zero-order chi connectivity index (χ0) is 5.54. The van der Waals surface area contributed by atoms with Crippen LogP contribution in [0, 0.1) is 0 Å². The van der Waals surface area contributed by atoms with E-state index in [0.717, 1.165) is 5.75 Å². The van der Waals surface area contributed by atoms with E-state index in [2.05, 4.69) is 0 Å². The molecule has 0 spiro atoms. The molecule has 0 aromatic rings. The molecule has 0 N–H and O–H groups in total. The van der Waals surface area contributed by atoms with Gasteiger partial charge < -0.3 is 0 Å². The van der Waals surface area contributed by atoms with Gasteiger partial charge in [0.05, 0.1) is 5.21 Å². The van der Waals surface area contributed by atoms with Gasteiger partial charge in [-0.05, 0) is 0 Å². The highest BCUT2D eigenvalue weighted by atomic mass is 35.5. The van der Waals surface area contributed by atoms with Gasteiger partial charge in [-0.15, -0.1) is 23.4 Å². The van der Waals surface area contributed by atoms with Crippen molar-refractivity contribution in [1.29, 1.82) is 0 Å². The van der Waals surface area contributed by atoms with Crippen LogP contribution in [0.3, 0.4) is 0 Å². The molecule has 7 heavy (non-hydrogen) atoms. The monoisotopic (exact) mass is 137 g/mol. The van der Waals surface area contributed by atoms with E-state index in [9.17, 15) is 4.79 Å². The molecule has 1 nitrogen and oxygen atoms in total. The quantitative estimate of drug-likeness (QED) is 0.431. The number of thioether (sulfide) groups is 1. The topological polar surface area (TPSA) is 17.1 Å². The maximum atomic E-state index is 9.50. The fourth-order valence-corrected chi connectivity index (χ4v) is 0.832. The molecule has 0 saturated carbocycles. The highest BCUT2D eigenvalue weighted by Crippen LogP contribution is 2.01. The van der Waals surface area contributed by atoms with Crippen LogP contribution in [0.4, 0.5) is 0 Å². The minimum absolute atomic E-state index is 0.497. The van der Waals surface area contributed by atoms with Crippen molar-refractivity contribution in [1.82, 2.24) is 0 Å². The number of hydrogen-bond acceptors (Lipinski definition) is 2. The summed E-state index contributed by atoms with van der Waals surface area (Å²) in [7, 11) is 0. The fraction of sp³-hybridized carbons (Fsp3) is 0.750. The standard InChI is InChI=1S/C4H6ClOS/c5-4-7-3-1-2-6/h1,3-4H2. The van der Waals surface area contributed by atoms with Gasteiger partial charge in [-0.1, -0.05) is 0 Å². The summed E-state index contributed by atoms with van der Waals surface area (Å²) in [5, 5.41) is 0.571. The molecule has 0 heterocycles. The molecule has 0 amide bonds. The summed E-state index contributed by atoms with van der Waals surface area (Å²) < 4.78 is 0. The summed E-state index contributed by atoms with van der Waals surface area (Å²) in [6.45, 7) is 0. The molecule has 0 aromatic heterocycles. The number of rotatable bonds is 4. The van der Waals surface area contributed by atoms with Crippen LogP contribution < -0.4 is 0 Å². The van der Waals surface area contributed by atoms with Gasteiger partial charge in [0.25, 0.3) is 0 Å². The number of carbonyl (C=O) groups excluding carboxylic acids is 1. The second-order valence-corrected chi connectivity index (χ2v) is 2.60. The molecule has 0 saturated heterocycles. The average Bonchev–Trinajstić information content (AvgIpc) is 1.69. The van der Waals surface area contributed by atoms with Gasteiger partial charge >= 0.3 is 0 Å². The first-order valence-electron chi connectivity index (χ1n) is 1.90. The van der Waals surface area contributed by atoms with Crippen LogP contribution in [0.1, 0.15) is 6.42 Å².